The molecular formula is C12H17ClN2O2. The van der Waals surface area contributed by atoms with Crippen LogP contribution in [0.1, 0.15) is 24.0 Å². The molecule has 0 radical (unpaired) electrons. The molecule has 0 spiro atoms. The molecule has 17 heavy (non-hydrogen) atoms. The standard InChI is InChI=1S/C12H17ClN2O2/c1-7-5-11(17-4)9(6-10(7)13)8(2)12(16)15(3)14/h5-6,8H,14H2,1-4H3. The summed E-state index contributed by atoms with van der Waals surface area (Å²) in [6, 6.07) is 3.57. The van der Waals surface area contributed by atoms with Crippen LogP contribution < -0.4 is 10.6 Å². The van der Waals surface area contributed by atoms with Crippen molar-refractivity contribution in [3.63, 3.8) is 0 Å². The third-order valence-electron chi connectivity index (χ3n) is 2.70. The van der Waals surface area contributed by atoms with Gasteiger partial charge >= 0.3 is 0 Å². The number of methoxy groups -OCH3 is 1. The largest absolute Gasteiger partial charge is 0.496 e. The van der Waals surface area contributed by atoms with Gasteiger partial charge in [-0.1, -0.05) is 11.6 Å². The normalized spacial score (nSPS) is 12.1. The number of nitrogens with zero attached hydrogens (tertiary/aromatic N) is 1. The molecule has 0 aliphatic heterocycles. The van der Waals surface area contributed by atoms with Crippen molar-refractivity contribution in [1.82, 2.24) is 5.01 Å². The van der Waals surface area contributed by atoms with E-state index in [0.29, 0.717) is 10.8 Å². The molecule has 5 heteroatoms. The molecule has 0 heterocycles. The lowest BCUT2D eigenvalue weighted by molar-refractivity contribution is -0.131. The van der Waals surface area contributed by atoms with E-state index in [4.69, 9.17) is 22.2 Å². The van der Waals surface area contributed by atoms with Crippen molar-refractivity contribution in [2.24, 2.45) is 5.84 Å². The van der Waals surface area contributed by atoms with Gasteiger partial charge in [-0.15, -0.1) is 0 Å². The van der Waals surface area contributed by atoms with Crippen molar-refractivity contribution in [3.8, 4) is 5.75 Å². The Labute approximate surface area is 106 Å². The first-order valence-electron chi connectivity index (χ1n) is 5.24. The minimum absolute atomic E-state index is 0.191. The monoisotopic (exact) mass is 256 g/mol. The van der Waals surface area contributed by atoms with Crippen molar-refractivity contribution in [2.75, 3.05) is 14.2 Å². The van der Waals surface area contributed by atoms with E-state index in [1.54, 1.807) is 20.1 Å². The van der Waals surface area contributed by atoms with Crippen LogP contribution in [0, 0.1) is 6.92 Å². The number of amides is 1. The highest BCUT2D eigenvalue weighted by molar-refractivity contribution is 6.31. The van der Waals surface area contributed by atoms with E-state index in [2.05, 4.69) is 0 Å². The summed E-state index contributed by atoms with van der Waals surface area (Å²) in [5.41, 5.74) is 1.65. The molecule has 0 saturated heterocycles. The number of hydrazine groups is 1. The zero-order valence-electron chi connectivity index (χ0n) is 10.5. The van der Waals surface area contributed by atoms with Crippen molar-refractivity contribution < 1.29 is 9.53 Å². The Balaban J connectivity index is 3.21. The number of carbonyl (C=O) groups excluding carboxylic acids is 1. The van der Waals surface area contributed by atoms with Crippen LogP contribution in [0.3, 0.4) is 0 Å². The summed E-state index contributed by atoms with van der Waals surface area (Å²) in [6.07, 6.45) is 0. The van der Waals surface area contributed by atoms with Gasteiger partial charge in [0.15, 0.2) is 0 Å². The van der Waals surface area contributed by atoms with Crippen LogP contribution in [0.4, 0.5) is 0 Å². The first-order valence-corrected chi connectivity index (χ1v) is 5.62. The third kappa shape index (κ3) is 2.90. The van der Waals surface area contributed by atoms with Crippen molar-refractivity contribution in [2.45, 2.75) is 19.8 Å². The number of hydrogen-bond acceptors (Lipinski definition) is 3. The molecule has 1 unspecified atom stereocenters. The molecule has 1 aromatic carbocycles. The molecule has 1 atom stereocenters. The summed E-state index contributed by atoms with van der Waals surface area (Å²) >= 11 is 6.06. The summed E-state index contributed by atoms with van der Waals surface area (Å²) in [7, 11) is 3.08. The highest BCUT2D eigenvalue weighted by Crippen LogP contribution is 2.32. The van der Waals surface area contributed by atoms with Crippen LogP contribution in [0.15, 0.2) is 12.1 Å². The quantitative estimate of drug-likeness (QED) is 0.512. The topological polar surface area (TPSA) is 55.6 Å². The van der Waals surface area contributed by atoms with Gasteiger partial charge in [-0.05, 0) is 31.5 Å². The van der Waals surface area contributed by atoms with Gasteiger partial charge in [0.2, 0.25) is 5.91 Å². The molecule has 0 aliphatic rings. The summed E-state index contributed by atoms with van der Waals surface area (Å²) in [5.74, 6) is 5.51. The number of benzene rings is 1. The molecular weight excluding hydrogens is 240 g/mol. The zero-order valence-corrected chi connectivity index (χ0v) is 11.2. The third-order valence-corrected chi connectivity index (χ3v) is 3.10. The molecule has 0 aromatic heterocycles. The van der Waals surface area contributed by atoms with Crippen LogP contribution in [-0.4, -0.2) is 25.1 Å². The van der Waals surface area contributed by atoms with Crippen molar-refractivity contribution in [3.05, 3.63) is 28.3 Å². The minimum Gasteiger partial charge on any atom is -0.496 e. The fraction of sp³-hybridized carbons (Fsp3) is 0.417. The SMILES string of the molecule is COc1cc(C)c(Cl)cc1C(C)C(=O)N(C)N. The number of carbonyl (C=O) groups is 1. The van der Waals surface area contributed by atoms with Crippen LogP contribution in [0.2, 0.25) is 5.02 Å². The van der Waals surface area contributed by atoms with E-state index in [-0.39, 0.29) is 5.91 Å². The van der Waals surface area contributed by atoms with Crippen LogP contribution >= 0.6 is 11.6 Å². The number of aryl methyl sites for hydroxylation is 1. The van der Waals surface area contributed by atoms with Gasteiger partial charge in [-0.25, -0.2) is 5.84 Å². The van der Waals surface area contributed by atoms with E-state index < -0.39 is 5.92 Å². The second-order valence-corrected chi connectivity index (χ2v) is 4.42. The van der Waals surface area contributed by atoms with E-state index in [9.17, 15) is 4.79 Å². The van der Waals surface area contributed by atoms with Gasteiger partial charge in [-0.3, -0.25) is 9.80 Å². The first-order chi connectivity index (χ1) is 7.88. The van der Waals surface area contributed by atoms with Gasteiger partial charge < -0.3 is 4.74 Å². The highest BCUT2D eigenvalue weighted by Gasteiger charge is 2.22. The lowest BCUT2D eigenvalue weighted by Crippen LogP contribution is -2.36. The Morgan fingerprint density at radius 3 is 2.59 bits per heavy atom. The molecule has 0 saturated carbocycles. The number of nitrogens with two attached hydrogens (primary N) is 1. The Hall–Kier alpha value is -1.26. The average Bonchev–Trinajstić information content (AvgIpc) is 2.29. The van der Waals surface area contributed by atoms with E-state index in [0.717, 1.165) is 16.1 Å². The van der Waals surface area contributed by atoms with Gasteiger partial charge in [0.1, 0.15) is 5.75 Å². The van der Waals surface area contributed by atoms with Crippen molar-refractivity contribution in [1.29, 1.82) is 0 Å². The smallest absolute Gasteiger partial charge is 0.243 e. The summed E-state index contributed by atoms with van der Waals surface area (Å²) in [6.45, 7) is 3.66. The number of hydrogen-bond donors (Lipinski definition) is 1. The molecule has 0 bridgehead atoms. The lowest BCUT2D eigenvalue weighted by Gasteiger charge is -2.19. The second kappa shape index (κ2) is 5.38. The molecule has 1 aromatic rings. The second-order valence-electron chi connectivity index (χ2n) is 4.01. The van der Waals surface area contributed by atoms with Crippen LogP contribution in [-0.2, 0) is 4.79 Å². The molecule has 0 aliphatic carbocycles. The van der Waals surface area contributed by atoms with Gasteiger partial charge in [0.05, 0.1) is 13.0 Å². The molecule has 1 rings (SSSR count). The molecule has 2 N–H and O–H groups in total. The van der Waals surface area contributed by atoms with Crippen LogP contribution in [0.5, 0.6) is 5.75 Å². The molecule has 94 valence electrons. The molecule has 1 amide bonds. The number of halogens is 1. The maximum absolute atomic E-state index is 11.8. The van der Waals surface area contributed by atoms with E-state index >= 15 is 0 Å². The van der Waals surface area contributed by atoms with Crippen LogP contribution in [0.25, 0.3) is 0 Å². The predicted molar refractivity (Wildman–Crippen MR) is 68.1 cm³/mol. The Kier molecular flexibility index (Phi) is 4.37. The lowest BCUT2D eigenvalue weighted by atomic mass is 9.97. The number of rotatable bonds is 3. The Morgan fingerprint density at radius 1 is 1.53 bits per heavy atom. The Morgan fingerprint density at radius 2 is 2.12 bits per heavy atom. The van der Waals surface area contributed by atoms with Gasteiger partial charge in [-0.2, -0.15) is 0 Å². The van der Waals surface area contributed by atoms with E-state index in [1.165, 1.54) is 7.05 Å². The Bertz CT molecular complexity index is 433. The number of likely N-dealkylation sites (N-methyl/N-ethyl adjacent to an activating group) is 1. The average molecular weight is 257 g/mol. The fourth-order valence-electron chi connectivity index (χ4n) is 1.62. The first kappa shape index (κ1) is 13.8. The minimum atomic E-state index is -0.391. The van der Waals surface area contributed by atoms with E-state index in [1.807, 2.05) is 13.0 Å². The van der Waals surface area contributed by atoms with Gasteiger partial charge in [0, 0.05) is 17.6 Å². The predicted octanol–water partition coefficient (Wildman–Crippen LogP) is 2.09. The summed E-state index contributed by atoms with van der Waals surface area (Å²) in [5, 5.41) is 1.68. The summed E-state index contributed by atoms with van der Waals surface area (Å²) in [4.78, 5) is 11.8. The van der Waals surface area contributed by atoms with Gasteiger partial charge in [0.25, 0.3) is 0 Å². The molecule has 0 fully saturated rings. The fourth-order valence-corrected chi connectivity index (χ4v) is 1.80. The molecule has 4 nitrogen and oxygen atoms in total. The zero-order chi connectivity index (χ0) is 13.2. The highest BCUT2D eigenvalue weighted by atomic mass is 35.5. The summed E-state index contributed by atoms with van der Waals surface area (Å²) < 4.78 is 5.26. The maximum Gasteiger partial charge on any atom is 0.243 e. The maximum atomic E-state index is 11.8. The number of ether oxygens (including phenoxy) is 1. The van der Waals surface area contributed by atoms with Crippen molar-refractivity contribution >= 4 is 17.5 Å².